The molecule has 1 heterocycles. The van der Waals surface area contributed by atoms with E-state index in [1.54, 1.807) is 43.5 Å². The lowest BCUT2D eigenvalue weighted by atomic mass is 10.1. The highest BCUT2D eigenvalue weighted by atomic mass is 32.2. The summed E-state index contributed by atoms with van der Waals surface area (Å²) in [6, 6.07) is 12.5. The lowest BCUT2D eigenvalue weighted by Gasteiger charge is -2.24. The van der Waals surface area contributed by atoms with Crippen molar-refractivity contribution in [3.8, 4) is 5.75 Å². The van der Waals surface area contributed by atoms with Gasteiger partial charge in [-0.15, -0.1) is 0 Å². The van der Waals surface area contributed by atoms with Crippen LogP contribution in [0.5, 0.6) is 5.75 Å². The number of hydrogen-bond acceptors (Lipinski definition) is 7. The molecule has 0 saturated carbocycles. The number of thioether (sulfide) groups is 1. The van der Waals surface area contributed by atoms with Crippen molar-refractivity contribution in [2.75, 3.05) is 25.7 Å². The molecule has 1 aliphatic rings. The van der Waals surface area contributed by atoms with Gasteiger partial charge in [0.15, 0.2) is 6.61 Å². The Morgan fingerprint density at radius 3 is 2.22 bits per heavy atom. The second kappa shape index (κ2) is 10.8. The maximum Gasteiger partial charge on any atom is 0.329 e. The summed E-state index contributed by atoms with van der Waals surface area (Å²) >= 11 is 1.48. The van der Waals surface area contributed by atoms with Gasteiger partial charge < -0.3 is 14.8 Å². The van der Waals surface area contributed by atoms with Crippen molar-refractivity contribution in [3.05, 3.63) is 65.2 Å². The van der Waals surface area contributed by atoms with Crippen LogP contribution in [0.3, 0.4) is 0 Å². The van der Waals surface area contributed by atoms with Crippen LogP contribution in [0, 0.1) is 0 Å². The molecule has 0 radical (unpaired) electrons. The first kappa shape index (κ1) is 23.3. The Bertz CT molecular complexity index is 973. The molecule has 9 heteroatoms. The Balaban J connectivity index is 1.59. The summed E-state index contributed by atoms with van der Waals surface area (Å²) in [5, 5.41) is 2.67. The van der Waals surface area contributed by atoms with E-state index in [0.29, 0.717) is 11.5 Å². The van der Waals surface area contributed by atoms with Gasteiger partial charge in [0.1, 0.15) is 11.8 Å². The van der Waals surface area contributed by atoms with Gasteiger partial charge >= 0.3 is 5.97 Å². The minimum atomic E-state index is -1.09. The molecule has 3 rings (SSSR count). The first-order valence-electron chi connectivity index (χ1n) is 9.98. The van der Waals surface area contributed by atoms with Gasteiger partial charge in [-0.2, -0.15) is 11.8 Å². The number of amides is 3. The normalized spacial score (nSPS) is 13.5. The molecule has 0 bridgehead atoms. The smallest absolute Gasteiger partial charge is 0.329 e. The number of fused-ring (bicyclic) bond motifs is 1. The van der Waals surface area contributed by atoms with Crippen molar-refractivity contribution in [2.45, 2.75) is 19.0 Å². The molecule has 0 fully saturated rings. The molecule has 0 aliphatic carbocycles. The number of rotatable bonds is 10. The highest BCUT2D eigenvalue weighted by Gasteiger charge is 2.43. The highest BCUT2D eigenvalue weighted by Crippen LogP contribution is 2.26. The zero-order chi connectivity index (χ0) is 23.1. The molecule has 0 saturated heterocycles. The molecule has 3 amide bonds. The van der Waals surface area contributed by atoms with Gasteiger partial charge in [-0.25, -0.2) is 4.79 Å². The van der Waals surface area contributed by atoms with E-state index >= 15 is 0 Å². The molecular formula is C23H24N2O6S. The summed E-state index contributed by atoms with van der Waals surface area (Å²) in [7, 11) is 1.57. The van der Waals surface area contributed by atoms with Gasteiger partial charge in [0, 0.05) is 6.54 Å². The number of esters is 1. The van der Waals surface area contributed by atoms with Crippen LogP contribution in [0.2, 0.25) is 0 Å². The molecule has 168 valence electrons. The molecule has 0 spiro atoms. The fourth-order valence-electron chi connectivity index (χ4n) is 3.30. The molecule has 32 heavy (non-hydrogen) atoms. The van der Waals surface area contributed by atoms with E-state index in [2.05, 4.69) is 5.32 Å². The number of methoxy groups -OCH3 is 1. The van der Waals surface area contributed by atoms with E-state index in [4.69, 9.17) is 9.47 Å². The summed E-state index contributed by atoms with van der Waals surface area (Å²) in [5.74, 6) is -1.08. The van der Waals surface area contributed by atoms with Crippen LogP contribution in [-0.4, -0.2) is 60.4 Å². The third kappa shape index (κ3) is 5.28. The van der Waals surface area contributed by atoms with Crippen molar-refractivity contribution in [1.82, 2.24) is 10.2 Å². The molecule has 1 N–H and O–H groups in total. The topological polar surface area (TPSA) is 102 Å². The maximum atomic E-state index is 12.8. The van der Waals surface area contributed by atoms with Crippen molar-refractivity contribution < 1.29 is 28.7 Å². The van der Waals surface area contributed by atoms with E-state index < -0.39 is 36.3 Å². The van der Waals surface area contributed by atoms with Gasteiger partial charge in [0.2, 0.25) is 0 Å². The lowest BCUT2D eigenvalue weighted by Crippen LogP contribution is -2.46. The van der Waals surface area contributed by atoms with Gasteiger partial charge in [-0.3, -0.25) is 19.3 Å². The maximum absolute atomic E-state index is 12.8. The predicted molar refractivity (Wildman–Crippen MR) is 120 cm³/mol. The van der Waals surface area contributed by atoms with Crippen molar-refractivity contribution >= 4 is 35.5 Å². The Hall–Kier alpha value is -3.33. The van der Waals surface area contributed by atoms with Crippen LogP contribution in [0.1, 0.15) is 32.7 Å². The number of nitrogens with zero attached hydrogens (tertiary/aromatic N) is 1. The van der Waals surface area contributed by atoms with Crippen LogP contribution in [0.25, 0.3) is 0 Å². The average molecular weight is 457 g/mol. The summed E-state index contributed by atoms with van der Waals surface area (Å²) in [5.41, 5.74) is 1.38. The Labute approximate surface area is 190 Å². The third-order valence-corrected chi connectivity index (χ3v) is 5.64. The number of nitrogens with one attached hydrogen (secondary N) is 1. The summed E-state index contributed by atoms with van der Waals surface area (Å²) in [6.07, 6.45) is 2.09. The van der Waals surface area contributed by atoms with Crippen LogP contribution in [0.4, 0.5) is 0 Å². The standard InChI is InChI=1S/C23H24N2O6S/c1-30-16-9-7-15(8-10-16)13-24-20(26)14-31-23(29)19(11-12-32-2)25-21(27)17-5-3-4-6-18(17)22(25)28/h3-10,19H,11-14H2,1-2H3,(H,24,26)/t19-/m1/s1. The number of hydrogen-bond donors (Lipinski definition) is 1. The van der Waals surface area contributed by atoms with Crippen LogP contribution in [-0.2, 0) is 20.9 Å². The number of imide groups is 1. The second-order valence-corrected chi connectivity index (χ2v) is 8.04. The average Bonchev–Trinajstić information content (AvgIpc) is 3.07. The van der Waals surface area contributed by atoms with Gasteiger partial charge in [-0.05, 0) is 48.3 Å². The van der Waals surface area contributed by atoms with Crippen LogP contribution < -0.4 is 10.1 Å². The molecule has 0 aromatic heterocycles. The fraction of sp³-hybridized carbons (Fsp3) is 0.304. The molecule has 2 aromatic rings. The third-order valence-electron chi connectivity index (χ3n) is 5.00. The SMILES string of the molecule is COc1ccc(CNC(=O)COC(=O)[C@@H](CCSC)N2C(=O)c3ccccc3C2=O)cc1. The molecule has 2 aromatic carbocycles. The predicted octanol–water partition coefficient (Wildman–Crippen LogP) is 2.27. The summed E-state index contributed by atoms with van der Waals surface area (Å²) in [6.45, 7) is -0.247. The number of carbonyl (C=O) groups is 4. The molecule has 1 aliphatic heterocycles. The van der Waals surface area contributed by atoms with E-state index in [1.807, 2.05) is 18.4 Å². The zero-order valence-corrected chi connectivity index (χ0v) is 18.6. The van der Waals surface area contributed by atoms with E-state index in [9.17, 15) is 19.2 Å². The largest absolute Gasteiger partial charge is 0.497 e. The zero-order valence-electron chi connectivity index (χ0n) is 17.8. The molecule has 8 nitrogen and oxygen atoms in total. The van der Waals surface area contributed by atoms with Crippen LogP contribution in [0.15, 0.2) is 48.5 Å². The minimum Gasteiger partial charge on any atom is -0.497 e. The fourth-order valence-corrected chi connectivity index (χ4v) is 3.76. The molecular weight excluding hydrogens is 432 g/mol. The van der Waals surface area contributed by atoms with E-state index in [-0.39, 0.29) is 24.1 Å². The second-order valence-electron chi connectivity index (χ2n) is 7.06. The first-order chi connectivity index (χ1) is 15.5. The van der Waals surface area contributed by atoms with E-state index in [1.165, 1.54) is 11.8 Å². The highest BCUT2D eigenvalue weighted by molar-refractivity contribution is 7.98. The van der Waals surface area contributed by atoms with Gasteiger partial charge in [-0.1, -0.05) is 24.3 Å². The van der Waals surface area contributed by atoms with Gasteiger partial charge in [0.25, 0.3) is 17.7 Å². The van der Waals surface area contributed by atoms with Crippen molar-refractivity contribution in [2.24, 2.45) is 0 Å². The Morgan fingerprint density at radius 2 is 1.66 bits per heavy atom. The Kier molecular flexibility index (Phi) is 7.88. The lowest BCUT2D eigenvalue weighted by molar-refractivity contribution is -0.152. The summed E-state index contributed by atoms with van der Waals surface area (Å²) in [4.78, 5) is 51.4. The first-order valence-corrected chi connectivity index (χ1v) is 11.4. The summed E-state index contributed by atoms with van der Waals surface area (Å²) < 4.78 is 10.3. The molecule has 0 unspecified atom stereocenters. The van der Waals surface area contributed by atoms with Gasteiger partial charge in [0.05, 0.1) is 18.2 Å². The molecule has 1 atom stereocenters. The number of ether oxygens (including phenoxy) is 2. The van der Waals surface area contributed by atoms with E-state index in [0.717, 1.165) is 10.5 Å². The quantitative estimate of drug-likeness (QED) is 0.432. The van der Waals surface area contributed by atoms with Crippen LogP contribution >= 0.6 is 11.8 Å². The Morgan fingerprint density at radius 1 is 1.03 bits per heavy atom. The number of benzene rings is 2. The number of carbonyl (C=O) groups excluding carboxylic acids is 4. The van der Waals surface area contributed by atoms with Crippen molar-refractivity contribution in [3.63, 3.8) is 0 Å². The minimum absolute atomic E-state index is 0.235. The monoisotopic (exact) mass is 456 g/mol. The van der Waals surface area contributed by atoms with Crippen molar-refractivity contribution in [1.29, 1.82) is 0 Å².